The third-order valence-corrected chi connectivity index (χ3v) is 6.57. The summed E-state index contributed by atoms with van der Waals surface area (Å²) >= 11 is 0.328. The summed E-state index contributed by atoms with van der Waals surface area (Å²) in [5, 5.41) is 13.8. The number of hydrogen-bond donors (Lipinski definition) is 0. The Morgan fingerprint density at radius 1 is 1.28 bits per heavy atom. The maximum atomic E-state index is 12.5. The van der Waals surface area contributed by atoms with E-state index in [-0.39, 0.29) is 4.44 Å². The minimum absolute atomic E-state index is 0.195. The Morgan fingerprint density at radius 3 is 2.50 bits per heavy atom. The molecule has 0 aromatic rings. The summed E-state index contributed by atoms with van der Waals surface area (Å²) < 4.78 is -0.195. The van der Waals surface area contributed by atoms with Crippen molar-refractivity contribution in [3.8, 4) is 0 Å². The van der Waals surface area contributed by atoms with Gasteiger partial charge in [0.1, 0.15) is 0 Å². The van der Waals surface area contributed by atoms with Gasteiger partial charge in [0.05, 0.1) is 0 Å². The topological polar surface area (TPSA) is 29.6 Å². The third-order valence-electron chi connectivity index (χ3n) is 3.93. The van der Waals surface area contributed by atoms with Crippen molar-refractivity contribution >= 4 is 15.0 Å². The zero-order chi connectivity index (χ0) is 13.6. The molecule has 0 unspecified atom stereocenters. The molecular formula is C13H24N3OSe. The molecule has 0 aromatic heterocycles. The van der Waals surface area contributed by atoms with Crippen LogP contribution in [0.2, 0.25) is 0 Å². The maximum absolute atomic E-state index is 12.5. The van der Waals surface area contributed by atoms with Crippen molar-refractivity contribution in [1.82, 2.24) is 14.9 Å². The summed E-state index contributed by atoms with van der Waals surface area (Å²) in [7, 11) is 2.14. The van der Waals surface area contributed by atoms with E-state index in [2.05, 4.69) is 50.6 Å². The fraction of sp³-hybridized carbons (Fsp3) is 0.846. The molecule has 0 atom stereocenters. The van der Waals surface area contributed by atoms with Crippen LogP contribution in [0.3, 0.4) is 0 Å². The Morgan fingerprint density at radius 2 is 1.94 bits per heavy atom. The predicted octanol–water partition coefficient (Wildman–Crippen LogP) is 1.30. The van der Waals surface area contributed by atoms with Gasteiger partial charge in [-0.25, -0.2) is 0 Å². The average molecular weight is 317 g/mol. The first-order valence-electron chi connectivity index (χ1n) is 6.52. The Labute approximate surface area is 117 Å². The Balaban J connectivity index is 2.20. The van der Waals surface area contributed by atoms with Crippen molar-refractivity contribution in [3.63, 3.8) is 0 Å². The molecule has 0 aliphatic carbocycles. The van der Waals surface area contributed by atoms with E-state index in [0.717, 1.165) is 25.0 Å². The Bertz CT molecular complexity index is 354. The van der Waals surface area contributed by atoms with E-state index in [4.69, 9.17) is 0 Å². The first-order valence-corrected chi connectivity index (χ1v) is 8.58. The number of likely N-dealkylation sites (N-methyl/N-ethyl adjacent to an activating group) is 1. The van der Waals surface area contributed by atoms with Gasteiger partial charge in [0, 0.05) is 0 Å². The fourth-order valence-electron chi connectivity index (χ4n) is 2.65. The molecule has 0 spiro atoms. The zero-order valence-corrected chi connectivity index (χ0v) is 13.8. The third kappa shape index (κ3) is 2.47. The van der Waals surface area contributed by atoms with Crippen LogP contribution in [0.5, 0.6) is 0 Å². The molecule has 0 bridgehead atoms. The van der Waals surface area contributed by atoms with E-state index in [1.54, 1.807) is 0 Å². The summed E-state index contributed by atoms with van der Waals surface area (Å²) in [4.78, 5) is 4.64. The molecule has 18 heavy (non-hydrogen) atoms. The second-order valence-electron chi connectivity index (χ2n) is 6.14. The van der Waals surface area contributed by atoms with Gasteiger partial charge in [-0.2, -0.15) is 0 Å². The van der Waals surface area contributed by atoms with Gasteiger partial charge in [0.2, 0.25) is 0 Å². The van der Waals surface area contributed by atoms with Crippen molar-refractivity contribution in [1.29, 1.82) is 0 Å². The molecule has 0 saturated carbocycles. The van der Waals surface area contributed by atoms with Crippen molar-refractivity contribution in [3.05, 3.63) is 11.8 Å². The van der Waals surface area contributed by atoms with Gasteiger partial charge < -0.3 is 0 Å². The van der Waals surface area contributed by atoms with E-state index in [9.17, 15) is 5.21 Å². The second-order valence-corrected chi connectivity index (χ2v) is 9.39. The number of hydrogen-bond acceptors (Lipinski definition) is 3. The molecular weight excluding hydrogens is 293 g/mol. The van der Waals surface area contributed by atoms with Gasteiger partial charge in [0.15, 0.2) is 0 Å². The van der Waals surface area contributed by atoms with Crippen LogP contribution in [0.1, 0.15) is 34.1 Å². The molecule has 4 nitrogen and oxygen atoms in total. The Hall–Kier alpha value is -0.0605. The van der Waals surface area contributed by atoms with Crippen LogP contribution in [0, 0.1) is 0 Å². The normalized spacial score (nSPS) is 29.2. The molecule has 0 aromatic carbocycles. The number of nitrogens with zero attached hydrogens (tertiary/aromatic N) is 3. The summed E-state index contributed by atoms with van der Waals surface area (Å²) in [5.74, 6) is 0. The summed E-state index contributed by atoms with van der Waals surface area (Å²) in [6.07, 6.45) is 3.35. The average Bonchev–Trinajstić information content (AvgIpc) is 2.28. The van der Waals surface area contributed by atoms with Gasteiger partial charge in [-0.15, -0.1) is 0 Å². The van der Waals surface area contributed by atoms with E-state index in [0.29, 0.717) is 15.0 Å². The van der Waals surface area contributed by atoms with Crippen LogP contribution in [0.25, 0.3) is 0 Å². The monoisotopic (exact) mass is 318 g/mol. The van der Waals surface area contributed by atoms with Crippen LogP contribution in [-0.4, -0.2) is 65.5 Å². The van der Waals surface area contributed by atoms with Crippen molar-refractivity contribution in [2.24, 2.45) is 0 Å². The van der Waals surface area contributed by atoms with Crippen LogP contribution >= 0.6 is 0 Å². The first-order chi connectivity index (χ1) is 8.25. The second kappa shape index (κ2) is 4.80. The molecule has 2 aliphatic heterocycles. The quantitative estimate of drug-likeness (QED) is 0.683. The summed E-state index contributed by atoms with van der Waals surface area (Å²) in [6.45, 7) is 10.3. The van der Waals surface area contributed by atoms with Crippen molar-refractivity contribution in [2.75, 3.05) is 25.6 Å². The Kier molecular flexibility index (Phi) is 3.83. The molecule has 1 radical (unpaired) electrons. The van der Waals surface area contributed by atoms with Gasteiger partial charge >= 0.3 is 117 Å². The van der Waals surface area contributed by atoms with Crippen LogP contribution in [0.4, 0.5) is 0 Å². The van der Waals surface area contributed by atoms with Gasteiger partial charge in [0.25, 0.3) is 0 Å². The van der Waals surface area contributed by atoms with Gasteiger partial charge in [-0.1, -0.05) is 0 Å². The van der Waals surface area contributed by atoms with Crippen LogP contribution in [0.15, 0.2) is 11.8 Å². The van der Waals surface area contributed by atoms with Crippen molar-refractivity contribution < 1.29 is 5.21 Å². The minimum atomic E-state index is -0.425. The number of hydroxylamine groups is 2. The molecule has 1 fully saturated rings. The summed E-state index contributed by atoms with van der Waals surface area (Å²) in [5.41, 5.74) is 1.98. The van der Waals surface area contributed by atoms with E-state index >= 15 is 0 Å². The van der Waals surface area contributed by atoms with E-state index < -0.39 is 5.66 Å². The van der Waals surface area contributed by atoms with Crippen molar-refractivity contribution in [2.45, 2.75) is 44.2 Å². The molecule has 2 aliphatic rings. The molecule has 103 valence electrons. The molecule has 5 heteroatoms. The van der Waals surface area contributed by atoms with Gasteiger partial charge in [-0.3, -0.25) is 0 Å². The summed E-state index contributed by atoms with van der Waals surface area (Å²) in [6, 6.07) is 0. The van der Waals surface area contributed by atoms with Gasteiger partial charge in [-0.05, 0) is 0 Å². The fourth-order valence-corrected chi connectivity index (χ4v) is 5.31. The van der Waals surface area contributed by atoms with E-state index in [1.807, 2.05) is 0 Å². The predicted molar refractivity (Wildman–Crippen MR) is 73.3 cm³/mol. The molecule has 0 amide bonds. The van der Waals surface area contributed by atoms with E-state index in [1.165, 1.54) is 10.8 Å². The SMILES string of the molecule is CN1CC=C(N2C[Se]C(C)(C)N([O])C2(C)C)CC1. The van der Waals surface area contributed by atoms with Crippen LogP contribution < -0.4 is 0 Å². The number of rotatable bonds is 1. The zero-order valence-electron chi connectivity index (χ0n) is 12.1. The van der Waals surface area contributed by atoms with Crippen LogP contribution in [-0.2, 0) is 5.21 Å². The molecule has 0 N–H and O–H groups in total. The first kappa shape index (κ1) is 14.4. The molecule has 1 saturated heterocycles. The molecule has 2 rings (SSSR count). The standard InChI is InChI=1S/C13H24N3OSe/c1-12(2)15(10-18-13(3,4)16(12)17)11-6-8-14(5)9-7-11/h6H,7-10H2,1-5H3. The molecule has 2 heterocycles.